The molecule has 0 amide bonds. The van der Waals surface area contributed by atoms with Crippen LogP contribution in [0.25, 0.3) is 45.0 Å². The van der Waals surface area contributed by atoms with E-state index in [0.29, 0.717) is 22.8 Å². The van der Waals surface area contributed by atoms with Crippen LogP contribution in [0.5, 0.6) is 0 Å². The van der Waals surface area contributed by atoms with Crippen LogP contribution in [0.2, 0.25) is 0 Å². The number of hydrogen-bond donors (Lipinski definition) is 4. The van der Waals surface area contributed by atoms with Gasteiger partial charge in [-0.15, -0.1) is 0 Å². The molecule has 0 aliphatic rings. The van der Waals surface area contributed by atoms with Crippen LogP contribution in [0.1, 0.15) is 22.3 Å². The quantitative estimate of drug-likeness (QED) is 0.123. The number of pyridine rings is 4. The predicted molar refractivity (Wildman–Crippen MR) is 209 cm³/mol. The van der Waals surface area contributed by atoms with Crippen LogP contribution in [0.15, 0.2) is 189 Å². The molecule has 0 radical (unpaired) electrons. The van der Waals surface area contributed by atoms with Gasteiger partial charge in [-0.3, -0.25) is 19.2 Å². The van der Waals surface area contributed by atoms with E-state index in [1.165, 1.54) is 24.3 Å². The van der Waals surface area contributed by atoms with Crippen molar-refractivity contribution in [1.82, 2.24) is 19.9 Å². The van der Waals surface area contributed by atoms with Crippen molar-refractivity contribution in [2.45, 2.75) is 5.41 Å². The average molecular weight is 693 g/mol. The minimum atomic E-state index is -0.878. The molecule has 0 spiro atoms. The highest BCUT2D eigenvalue weighted by Gasteiger charge is 2.38. The van der Waals surface area contributed by atoms with Gasteiger partial charge in [-0.25, -0.2) is 0 Å². The summed E-state index contributed by atoms with van der Waals surface area (Å²) in [6, 6.07) is 53.0. The van der Waals surface area contributed by atoms with Gasteiger partial charge >= 0.3 is 0 Å². The van der Waals surface area contributed by atoms with Crippen molar-refractivity contribution < 1.29 is 0 Å². The molecule has 0 fully saturated rings. The molecule has 4 N–H and O–H groups in total. The van der Waals surface area contributed by atoms with Gasteiger partial charge in [-0.2, -0.15) is 0 Å². The molecule has 8 nitrogen and oxygen atoms in total. The van der Waals surface area contributed by atoms with E-state index in [2.05, 4.69) is 68.5 Å². The molecular formula is C45H32N4O4. The van der Waals surface area contributed by atoms with Gasteiger partial charge in [0.2, 0.25) is 22.2 Å². The van der Waals surface area contributed by atoms with Crippen molar-refractivity contribution >= 4 is 0 Å². The third-order valence-corrected chi connectivity index (χ3v) is 9.59. The second-order valence-electron chi connectivity index (χ2n) is 12.8. The lowest BCUT2D eigenvalue weighted by Crippen LogP contribution is -2.31. The molecule has 0 saturated carbocycles. The van der Waals surface area contributed by atoms with Gasteiger partial charge in [0.15, 0.2) is 0 Å². The third-order valence-electron chi connectivity index (χ3n) is 9.59. The van der Waals surface area contributed by atoms with Gasteiger partial charge in [0.1, 0.15) is 0 Å². The van der Waals surface area contributed by atoms with Crippen LogP contribution in [0.3, 0.4) is 0 Å². The first-order chi connectivity index (χ1) is 25.9. The Labute approximate surface area is 303 Å². The van der Waals surface area contributed by atoms with Gasteiger partial charge in [-0.1, -0.05) is 121 Å². The van der Waals surface area contributed by atoms with Crippen LogP contribution >= 0.6 is 0 Å². The van der Waals surface area contributed by atoms with Gasteiger partial charge in [0.05, 0.1) is 5.41 Å². The zero-order valence-corrected chi connectivity index (χ0v) is 28.3. The van der Waals surface area contributed by atoms with E-state index < -0.39 is 5.41 Å². The van der Waals surface area contributed by atoms with Crippen LogP contribution < -0.4 is 22.2 Å². The molecule has 0 unspecified atom stereocenters. The fraction of sp³-hybridized carbons (Fsp3) is 0.0222. The number of rotatable bonds is 8. The fourth-order valence-corrected chi connectivity index (χ4v) is 7.06. The normalized spacial score (nSPS) is 11.3. The van der Waals surface area contributed by atoms with E-state index in [1.54, 1.807) is 24.3 Å². The summed E-state index contributed by atoms with van der Waals surface area (Å²) in [4.78, 5) is 60.4. The molecule has 0 bridgehead atoms. The summed E-state index contributed by atoms with van der Waals surface area (Å²) in [7, 11) is 0. The molecule has 8 aromatic rings. The standard InChI is InChI=1S/C45H32N4O4/c50-41-9-1-5-37(46-41)29-13-21-33(22-14-29)45(34-23-15-30(16-24-34)38-6-2-10-42(51)47-38,35-25-17-31(18-26-35)39-7-3-11-43(52)48-39)36-27-19-32(20-28-36)40-8-4-12-44(53)49-40/h1-28H,(H,46,50)(H,47,51)(H,48,52)(H,49,53). The Hall–Kier alpha value is -7.32. The molecule has 4 heterocycles. The molecule has 53 heavy (non-hydrogen) atoms. The molecule has 0 atom stereocenters. The minimum absolute atomic E-state index is 0.180. The van der Waals surface area contributed by atoms with Crippen molar-refractivity contribution in [1.29, 1.82) is 0 Å². The topological polar surface area (TPSA) is 131 Å². The summed E-state index contributed by atoms with van der Waals surface area (Å²) < 4.78 is 0. The summed E-state index contributed by atoms with van der Waals surface area (Å²) >= 11 is 0. The largest absolute Gasteiger partial charge is 0.322 e. The van der Waals surface area contributed by atoms with E-state index in [1.807, 2.05) is 72.8 Å². The lowest BCUT2D eigenvalue weighted by Gasteiger charge is -2.37. The Kier molecular flexibility index (Phi) is 8.54. The lowest BCUT2D eigenvalue weighted by atomic mass is 9.64. The SMILES string of the molecule is O=c1cccc(-c2ccc(C(c3ccc(-c4cccc(=O)[nH]4)cc3)(c3ccc(-c4cccc(=O)[nH]4)cc3)c3ccc(-c4cccc(=O)[nH]4)cc3)cc2)[nH]1. The molecule has 4 aromatic heterocycles. The maximum Gasteiger partial charge on any atom is 0.248 e. The zero-order chi connectivity index (χ0) is 36.4. The Bertz CT molecular complexity index is 2400. The number of H-pyrrole nitrogens is 4. The molecule has 0 aliphatic heterocycles. The van der Waals surface area contributed by atoms with Crippen molar-refractivity contribution in [2.24, 2.45) is 0 Å². The van der Waals surface area contributed by atoms with Gasteiger partial charge in [-0.05, 0) is 68.8 Å². The summed E-state index contributed by atoms with van der Waals surface area (Å²) in [5, 5.41) is 0. The third kappa shape index (κ3) is 6.41. The first-order valence-corrected chi connectivity index (χ1v) is 17.1. The highest BCUT2D eigenvalue weighted by Crippen LogP contribution is 2.46. The van der Waals surface area contributed by atoms with E-state index in [4.69, 9.17) is 0 Å². The van der Waals surface area contributed by atoms with Gasteiger partial charge in [0, 0.05) is 47.0 Å². The molecular weight excluding hydrogens is 661 g/mol. The van der Waals surface area contributed by atoms with E-state index in [-0.39, 0.29) is 22.2 Å². The number of hydrogen-bond acceptors (Lipinski definition) is 4. The second-order valence-corrected chi connectivity index (χ2v) is 12.8. The Morgan fingerprint density at radius 2 is 0.472 bits per heavy atom. The van der Waals surface area contributed by atoms with Crippen LogP contribution in [-0.4, -0.2) is 19.9 Å². The van der Waals surface area contributed by atoms with Crippen LogP contribution in [0, 0.1) is 0 Å². The minimum Gasteiger partial charge on any atom is -0.322 e. The first-order valence-electron chi connectivity index (χ1n) is 17.1. The smallest absolute Gasteiger partial charge is 0.248 e. The first kappa shape index (κ1) is 32.9. The molecule has 0 saturated heterocycles. The van der Waals surface area contributed by atoms with Gasteiger partial charge < -0.3 is 19.9 Å². The summed E-state index contributed by atoms with van der Waals surface area (Å²) in [5.74, 6) is 0. The molecule has 4 aromatic carbocycles. The number of aromatic amines is 4. The number of nitrogens with one attached hydrogen (secondary N) is 4. The predicted octanol–water partition coefficient (Wildman–Crippen LogP) is 7.49. The zero-order valence-electron chi connectivity index (χ0n) is 28.3. The second kappa shape index (κ2) is 13.8. The van der Waals surface area contributed by atoms with Gasteiger partial charge in [0.25, 0.3) is 0 Å². The summed E-state index contributed by atoms with van der Waals surface area (Å²) in [6.07, 6.45) is 0. The van der Waals surface area contributed by atoms with Crippen LogP contribution in [-0.2, 0) is 5.41 Å². The van der Waals surface area contributed by atoms with Crippen molar-refractivity contribution in [2.75, 3.05) is 0 Å². The average Bonchev–Trinajstić information content (AvgIpc) is 3.19. The van der Waals surface area contributed by atoms with Crippen molar-refractivity contribution in [3.8, 4) is 45.0 Å². The summed E-state index contributed by atoms with van der Waals surface area (Å²) in [6.45, 7) is 0. The number of benzene rings is 4. The highest BCUT2D eigenvalue weighted by molar-refractivity contribution is 5.70. The maximum absolute atomic E-state index is 12.2. The highest BCUT2D eigenvalue weighted by atomic mass is 16.1. The maximum atomic E-state index is 12.2. The van der Waals surface area contributed by atoms with Crippen molar-refractivity contribution in [3.05, 3.63) is 234 Å². The fourth-order valence-electron chi connectivity index (χ4n) is 7.06. The molecule has 256 valence electrons. The monoisotopic (exact) mass is 692 g/mol. The molecule has 8 heteroatoms. The van der Waals surface area contributed by atoms with E-state index >= 15 is 0 Å². The molecule has 0 aliphatic carbocycles. The van der Waals surface area contributed by atoms with E-state index in [0.717, 1.165) is 44.5 Å². The van der Waals surface area contributed by atoms with Crippen molar-refractivity contribution in [3.63, 3.8) is 0 Å². The number of aromatic nitrogens is 4. The lowest BCUT2D eigenvalue weighted by molar-refractivity contribution is 0.745. The molecule has 8 rings (SSSR count). The Morgan fingerprint density at radius 3 is 0.660 bits per heavy atom. The van der Waals surface area contributed by atoms with Crippen LogP contribution in [0.4, 0.5) is 0 Å². The Balaban J connectivity index is 1.36. The van der Waals surface area contributed by atoms with E-state index in [9.17, 15) is 19.2 Å². The Morgan fingerprint density at radius 1 is 0.264 bits per heavy atom. The summed E-state index contributed by atoms with van der Waals surface area (Å²) in [5.41, 5.74) is 8.50.